The molecule has 288 valence electrons. The van der Waals surface area contributed by atoms with Crippen molar-refractivity contribution in [2.75, 3.05) is 13.1 Å². The van der Waals surface area contributed by atoms with Crippen LogP contribution in [0.15, 0.2) is 126 Å². The maximum atomic E-state index is 12.8. The Morgan fingerprint density at radius 1 is 0.679 bits per heavy atom. The van der Waals surface area contributed by atoms with E-state index in [0.29, 0.717) is 29.9 Å². The van der Waals surface area contributed by atoms with Gasteiger partial charge in [-0.15, -0.1) is 0 Å². The second-order valence-corrected chi connectivity index (χ2v) is 13.7. The van der Waals surface area contributed by atoms with Gasteiger partial charge in [0, 0.05) is 60.5 Å². The number of carbonyl (C=O) groups is 4. The van der Waals surface area contributed by atoms with Gasteiger partial charge in [-0.1, -0.05) is 91.9 Å². The molecule has 4 aromatic carbocycles. The lowest BCUT2D eigenvalue weighted by Crippen LogP contribution is -2.38. The topological polar surface area (TPSA) is 199 Å². The van der Waals surface area contributed by atoms with E-state index in [4.69, 9.17) is 5.84 Å². The van der Waals surface area contributed by atoms with E-state index in [1.807, 2.05) is 67.6 Å². The van der Waals surface area contributed by atoms with Crippen molar-refractivity contribution in [3.8, 4) is 0 Å². The Morgan fingerprint density at radius 3 is 1.62 bits per heavy atom. The van der Waals surface area contributed by atoms with Crippen molar-refractivity contribution in [3.05, 3.63) is 164 Å². The number of carbonyl (C=O) groups excluding carboxylic acids is 4. The fourth-order valence-corrected chi connectivity index (χ4v) is 7.03. The molecule has 1 aliphatic carbocycles. The maximum absolute atomic E-state index is 12.8. The zero-order chi connectivity index (χ0) is 40.4. The lowest BCUT2D eigenvalue weighted by atomic mass is 9.91. The molecule has 2 fully saturated rings. The highest BCUT2D eigenvalue weighted by Gasteiger charge is 2.75. The number of benzene rings is 4. The van der Waals surface area contributed by atoms with Crippen LogP contribution >= 0.6 is 0 Å². The Hall–Kier alpha value is -6.83. The van der Waals surface area contributed by atoms with Gasteiger partial charge in [-0.05, 0) is 49.3 Å². The monoisotopic (exact) mass is 758 g/mol. The summed E-state index contributed by atoms with van der Waals surface area (Å²) in [6, 6.07) is 32.5. The first-order valence-electron chi connectivity index (χ1n) is 18.1. The van der Waals surface area contributed by atoms with Crippen LogP contribution in [0.25, 0.3) is 0 Å². The molecule has 1 saturated heterocycles. The molecule has 14 nitrogen and oxygen atoms in total. The van der Waals surface area contributed by atoms with Gasteiger partial charge in [0.25, 0.3) is 23.2 Å². The van der Waals surface area contributed by atoms with Crippen molar-refractivity contribution in [1.82, 2.24) is 9.80 Å². The van der Waals surface area contributed by atoms with Crippen LogP contribution in [0.4, 0.5) is 11.4 Å². The van der Waals surface area contributed by atoms with E-state index < -0.39 is 27.1 Å². The van der Waals surface area contributed by atoms with Crippen molar-refractivity contribution in [2.24, 2.45) is 22.8 Å². The van der Waals surface area contributed by atoms with Crippen molar-refractivity contribution in [3.63, 3.8) is 0 Å². The van der Waals surface area contributed by atoms with Gasteiger partial charge in [0.2, 0.25) is 11.8 Å². The van der Waals surface area contributed by atoms with Gasteiger partial charge in [0.1, 0.15) is 0 Å². The number of piperidine rings is 1. The van der Waals surface area contributed by atoms with E-state index >= 15 is 0 Å². The number of nitro groups is 2. The van der Waals surface area contributed by atoms with E-state index in [1.54, 1.807) is 31.2 Å². The molecule has 0 radical (unpaired) electrons. The zero-order valence-corrected chi connectivity index (χ0v) is 31.0. The van der Waals surface area contributed by atoms with Crippen LogP contribution < -0.4 is 5.84 Å². The molecule has 0 bridgehead atoms. The first-order chi connectivity index (χ1) is 26.9. The average molecular weight is 759 g/mol. The third-order valence-corrected chi connectivity index (χ3v) is 10.2. The highest BCUT2D eigenvalue weighted by atomic mass is 16.6. The summed E-state index contributed by atoms with van der Waals surface area (Å²) in [6.45, 7) is 4.47. The minimum atomic E-state index is -0.629. The molecule has 1 saturated carbocycles. The number of amides is 4. The number of likely N-dealkylation sites (tertiary alicyclic amines) is 1. The van der Waals surface area contributed by atoms with Gasteiger partial charge in [-0.2, -0.15) is 5.10 Å². The second-order valence-electron chi connectivity index (χ2n) is 13.7. The molecule has 2 heterocycles. The number of non-ortho nitro benzene ring substituents is 2. The standard InChI is InChI=1S/C21H20N2O4.C13H13NO2.C8H9N3O2/c1-21(15-10-5-11-16(13-15)23(26)27)17-18(21)20(25)22(19(17)24)12-6-9-14-7-3-2-4-8-14;15-12-8-9-13(16)14(12)10-4-7-11-5-2-1-3-6-11;1-6(10-9)7-3-2-4-8(5-7)11(12)13/h2-5,7-8,10-11,13,17-18H,6,9,12H2,1H3;1-3,5-6,8-9H,4,7,10H2;2-5H,9H2,1H3/b;;10-6+/t17-,18+,21?;;. The summed E-state index contributed by atoms with van der Waals surface area (Å²) < 4.78 is 0. The Balaban J connectivity index is 0.000000176. The molecule has 2 aliphatic heterocycles. The van der Waals surface area contributed by atoms with Crippen LogP contribution in [-0.2, 0) is 37.4 Å². The fraction of sp³-hybridized carbons (Fsp3) is 0.262. The van der Waals surface area contributed by atoms with Gasteiger partial charge < -0.3 is 5.84 Å². The zero-order valence-electron chi connectivity index (χ0n) is 31.0. The highest BCUT2D eigenvalue weighted by Crippen LogP contribution is 2.64. The number of hydrazone groups is 1. The molecule has 4 aromatic rings. The largest absolute Gasteiger partial charge is 0.323 e. The fourth-order valence-electron chi connectivity index (χ4n) is 7.03. The summed E-state index contributed by atoms with van der Waals surface area (Å²) in [4.78, 5) is 71.2. The summed E-state index contributed by atoms with van der Waals surface area (Å²) in [6.07, 6.45) is 5.89. The number of nitro benzene ring substituents is 2. The molecule has 1 unspecified atom stereocenters. The number of nitrogens with two attached hydrogens (primary N) is 1. The molecule has 2 N–H and O–H groups in total. The van der Waals surface area contributed by atoms with Crippen LogP contribution in [0.2, 0.25) is 0 Å². The Kier molecular flexibility index (Phi) is 13.0. The van der Waals surface area contributed by atoms with E-state index in [9.17, 15) is 39.4 Å². The molecule has 56 heavy (non-hydrogen) atoms. The number of fused-ring (bicyclic) bond motifs is 1. The van der Waals surface area contributed by atoms with Crippen molar-refractivity contribution < 1.29 is 29.0 Å². The molecular formula is C42H42N6O8. The summed E-state index contributed by atoms with van der Waals surface area (Å²) in [7, 11) is 0. The molecule has 3 aliphatic rings. The quantitative estimate of drug-likeness (QED) is 0.0599. The number of rotatable bonds is 12. The van der Waals surface area contributed by atoms with E-state index in [0.717, 1.165) is 25.7 Å². The summed E-state index contributed by atoms with van der Waals surface area (Å²) in [5.74, 6) is 3.56. The van der Waals surface area contributed by atoms with E-state index in [-0.39, 0.29) is 35.0 Å². The minimum Gasteiger partial charge on any atom is -0.323 e. The Labute approximate surface area is 323 Å². The van der Waals surface area contributed by atoms with Gasteiger partial charge in [-0.3, -0.25) is 49.2 Å². The molecule has 0 spiro atoms. The van der Waals surface area contributed by atoms with Crippen LogP contribution in [-0.4, -0.2) is 62.1 Å². The minimum absolute atomic E-state index is 0.0155. The number of imide groups is 2. The van der Waals surface area contributed by atoms with Gasteiger partial charge in [-0.25, -0.2) is 0 Å². The number of nitrogens with zero attached hydrogens (tertiary/aromatic N) is 5. The van der Waals surface area contributed by atoms with Crippen LogP contribution in [0, 0.1) is 32.1 Å². The smallest absolute Gasteiger partial charge is 0.270 e. The maximum Gasteiger partial charge on any atom is 0.270 e. The Bertz CT molecular complexity index is 2130. The number of hydrogen-bond acceptors (Lipinski definition) is 10. The van der Waals surface area contributed by atoms with Gasteiger partial charge >= 0.3 is 0 Å². The molecule has 0 aromatic heterocycles. The lowest BCUT2D eigenvalue weighted by Gasteiger charge is -2.23. The van der Waals surface area contributed by atoms with E-state index in [1.165, 1.54) is 57.3 Å². The number of hydrogen-bond donors (Lipinski definition) is 1. The Morgan fingerprint density at radius 2 is 1.14 bits per heavy atom. The highest BCUT2D eigenvalue weighted by molar-refractivity contribution is 6.13. The normalized spacial score (nSPS) is 19.5. The molecule has 14 heteroatoms. The average Bonchev–Trinajstić information content (AvgIpc) is 3.62. The van der Waals surface area contributed by atoms with Crippen LogP contribution in [0.3, 0.4) is 0 Å². The second kappa shape index (κ2) is 18.0. The lowest BCUT2D eigenvalue weighted by molar-refractivity contribution is -0.385. The summed E-state index contributed by atoms with van der Waals surface area (Å²) in [5.41, 5.74) is 3.74. The molecule has 3 atom stereocenters. The molecular weight excluding hydrogens is 716 g/mol. The van der Waals surface area contributed by atoms with Gasteiger partial charge in [0.15, 0.2) is 0 Å². The molecule has 7 rings (SSSR count). The van der Waals surface area contributed by atoms with Gasteiger partial charge in [0.05, 0.1) is 27.4 Å². The molecule has 4 amide bonds. The van der Waals surface area contributed by atoms with Crippen LogP contribution in [0.1, 0.15) is 48.9 Å². The van der Waals surface area contributed by atoms with E-state index in [2.05, 4.69) is 5.10 Å². The van der Waals surface area contributed by atoms with Crippen molar-refractivity contribution >= 4 is 40.7 Å². The first-order valence-corrected chi connectivity index (χ1v) is 18.1. The predicted octanol–water partition coefficient (Wildman–Crippen LogP) is 5.92. The predicted molar refractivity (Wildman–Crippen MR) is 209 cm³/mol. The SMILES string of the molecule is C/C(=N\N)c1cccc([N+](=O)[O-])c1.CC1(c2cccc([N+](=O)[O-])c2)[C@@H]2C(=O)N(CCCc3ccccc3)C(=O)[C@@H]21.O=C1C=CC(=O)N1CCCc1ccccc1. The van der Waals surface area contributed by atoms with Crippen LogP contribution in [0.5, 0.6) is 0 Å². The van der Waals surface area contributed by atoms with Crippen molar-refractivity contribution in [2.45, 2.75) is 44.9 Å². The van der Waals surface area contributed by atoms with Crippen molar-refractivity contribution in [1.29, 1.82) is 0 Å². The third kappa shape index (κ3) is 9.27. The summed E-state index contributed by atoms with van der Waals surface area (Å²) >= 11 is 0. The third-order valence-electron chi connectivity index (χ3n) is 10.2. The summed E-state index contributed by atoms with van der Waals surface area (Å²) in [5, 5.41) is 24.9. The first kappa shape index (κ1) is 40.4. The number of aryl methyl sites for hydroxylation is 2.